The Bertz CT molecular complexity index is 1510. The van der Waals surface area contributed by atoms with Crippen molar-refractivity contribution in [2.24, 2.45) is 0 Å². The molecule has 10 nitrogen and oxygen atoms in total. The number of hydrogen-bond donors (Lipinski definition) is 1. The number of ether oxygens (including phenoxy) is 2. The molecular weight excluding hydrogens is 548 g/mol. The maximum atomic E-state index is 15.0. The number of amides is 1. The summed E-state index contributed by atoms with van der Waals surface area (Å²) >= 11 is 11.9. The standard InChI is InChI=1S/C26H26Cl2FN7O3/c1-16-22(38-10-9-35-7-5-34(2)6-8-35)14-36-23(16)26(31-15-32-36)39-21-4-3-18(12-20(21)29)33-25(37)19-11-17(27)13-30-24(19)28/h3-4,11-15H,5-10H2,1-2H3,(H,33,37). The molecule has 0 aliphatic carbocycles. The number of pyridine rings is 1. The van der Waals surface area contributed by atoms with Crippen LogP contribution in [-0.4, -0.2) is 81.7 Å². The first-order valence-electron chi connectivity index (χ1n) is 12.2. The zero-order valence-electron chi connectivity index (χ0n) is 21.3. The average molecular weight is 574 g/mol. The Morgan fingerprint density at radius 1 is 1.13 bits per heavy atom. The Balaban J connectivity index is 1.28. The Morgan fingerprint density at radius 2 is 1.92 bits per heavy atom. The number of halogens is 3. The van der Waals surface area contributed by atoms with Crippen LogP contribution in [-0.2, 0) is 0 Å². The number of carbonyl (C=O) groups excluding carboxylic acids is 1. The molecule has 1 fully saturated rings. The summed E-state index contributed by atoms with van der Waals surface area (Å²) in [6.45, 7) is 7.35. The molecule has 0 saturated carbocycles. The van der Waals surface area contributed by atoms with Gasteiger partial charge in [0.25, 0.3) is 5.91 Å². The predicted octanol–water partition coefficient (Wildman–Crippen LogP) is 4.55. The summed E-state index contributed by atoms with van der Waals surface area (Å²) in [7, 11) is 2.12. The number of anilines is 1. The van der Waals surface area contributed by atoms with Gasteiger partial charge in [-0.3, -0.25) is 9.69 Å². The quantitative estimate of drug-likeness (QED) is 0.307. The van der Waals surface area contributed by atoms with Gasteiger partial charge in [0.15, 0.2) is 11.6 Å². The molecule has 204 valence electrons. The van der Waals surface area contributed by atoms with E-state index in [1.807, 2.05) is 6.92 Å². The molecule has 1 saturated heterocycles. The summed E-state index contributed by atoms with van der Waals surface area (Å²) in [4.78, 5) is 25.3. The van der Waals surface area contributed by atoms with E-state index < -0.39 is 11.7 Å². The van der Waals surface area contributed by atoms with E-state index in [2.05, 4.69) is 37.2 Å². The zero-order chi connectivity index (χ0) is 27.5. The Hall–Kier alpha value is -3.51. The molecule has 4 aromatic rings. The second kappa shape index (κ2) is 11.7. The first-order chi connectivity index (χ1) is 18.8. The summed E-state index contributed by atoms with van der Waals surface area (Å²) in [5.41, 5.74) is 1.61. The minimum atomic E-state index is -0.701. The van der Waals surface area contributed by atoms with E-state index in [4.69, 9.17) is 32.7 Å². The highest BCUT2D eigenvalue weighted by Crippen LogP contribution is 2.33. The molecule has 0 unspecified atom stereocenters. The molecule has 1 amide bonds. The van der Waals surface area contributed by atoms with Crippen molar-refractivity contribution in [1.82, 2.24) is 29.4 Å². The monoisotopic (exact) mass is 573 g/mol. The van der Waals surface area contributed by atoms with Crippen LogP contribution in [0.5, 0.6) is 17.4 Å². The zero-order valence-corrected chi connectivity index (χ0v) is 22.8. The van der Waals surface area contributed by atoms with Crippen LogP contribution in [0.1, 0.15) is 15.9 Å². The Kier molecular flexibility index (Phi) is 8.12. The van der Waals surface area contributed by atoms with Crippen molar-refractivity contribution < 1.29 is 18.7 Å². The van der Waals surface area contributed by atoms with Crippen molar-refractivity contribution in [3.63, 3.8) is 0 Å². The van der Waals surface area contributed by atoms with Crippen LogP contribution >= 0.6 is 23.2 Å². The average Bonchev–Trinajstić information content (AvgIpc) is 3.24. The van der Waals surface area contributed by atoms with Crippen LogP contribution < -0.4 is 14.8 Å². The lowest BCUT2D eigenvalue weighted by Gasteiger charge is -2.32. The fraction of sp³-hybridized carbons (Fsp3) is 0.308. The molecule has 0 radical (unpaired) electrons. The minimum absolute atomic E-state index is 0.0182. The highest BCUT2D eigenvalue weighted by Gasteiger charge is 2.19. The molecule has 0 atom stereocenters. The smallest absolute Gasteiger partial charge is 0.258 e. The van der Waals surface area contributed by atoms with Crippen molar-refractivity contribution >= 4 is 40.3 Å². The van der Waals surface area contributed by atoms with Gasteiger partial charge >= 0.3 is 0 Å². The highest BCUT2D eigenvalue weighted by molar-refractivity contribution is 6.35. The SMILES string of the molecule is Cc1c(OCCN2CCN(C)CC2)cn2ncnc(Oc3ccc(NC(=O)c4cc(Cl)cnc4Cl)cc3F)c12. The maximum absolute atomic E-state index is 15.0. The molecule has 1 aliphatic rings. The fourth-order valence-electron chi connectivity index (χ4n) is 4.23. The van der Waals surface area contributed by atoms with Gasteiger partial charge in [0, 0.05) is 56.2 Å². The van der Waals surface area contributed by atoms with Crippen LogP contribution in [0.4, 0.5) is 10.1 Å². The van der Waals surface area contributed by atoms with Crippen LogP contribution in [0.3, 0.4) is 0 Å². The van der Waals surface area contributed by atoms with Crippen LogP contribution in [0.2, 0.25) is 10.2 Å². The molecule has 1 N–H and O–H groups in total. The number of hydrogen-bond acceptors (Lipinski definition) is 8. The van der Waals surface area contributed by atoms with Gasteiger partial charge in [-0.15, -0.1) is 0 Å². The van der Waals surface area contributed by atoms with Gasteiger partial charge in [-0.05, 0) is 32.2 Å². The summed E-state index contributed by atoms with van der Waals surface area (Å²) in [5.74, 6) is -0.530. The van der Waals surface area contributed by atoms with Crippen molar-refractivity contribution in [2.75, 3.05) is 51.7 Å². The first-order valence-corrected chi connectivity index (χ1v) is 13.0. The lowest BCUT2D eigenvalue weighted by Crippen LogP contribution is -2.45. The largest absolute Gasteiger partial charge is 0.490 e. The van der Waals surface area contributed by atoms with E-state index in [0.717, 1.165) is 44.4 Å². The molecule has 13 heteroatoms. The number of nitrogens with one attached hydrogen (secondary N) is 1. The normalized spacial score (nSPS) is 14.5. The van der Waals surface area contributed by atoms with E-state index >= 15 is 0 Å². The van der Waals surface area contributed by atoms with Gasteiger partial charge in [-0.25, -0.2) is 13.9 Å². The minimum Gasteiger partial charge on any atom is -0.490 e. The number of likely N-dealkylation sites (N-methyl/N-ethyl adjacent to an activating group) is 1. The summed E-state index contributed by atoms with van der Waals surface area (Å²) in [6.07, 6.45) is 4.41. The number of nitrogens with zero attached hydrogens (tertiary/aromatic N) is 6. The lowest BCUT2D eigenvalue weighted by molar-refractivity contribution is 0.102. The topological polar surface area (TPSA) is 97.1 Å². The van der Waals surface area contributed by atoms with Crippen molar-refractivity contribution in [2.45, 2.75) is 6.92 Å². The van der Waals surface area contributed by atoms with Gasteiger partial charge in [-0.1, -0.05) is 23.2 Å². The number of piperazine rings is 1. The van der Waals surface area contributed by atoms with E-state index in [1.165, 1.54) is 30.7 Å². The highest BCUT2D eigenvalue weighted by atomic mass is 35.5. The summed E-state index contributed by atoms with van der Waals surface area (Å²) in [6, 6.07) is 5.41. The number of fused-ring (bicyclic) bond motifs is 1. The molecule has 0 spiro atoms. The molecule has 5 rings (SSSR count). The molecule has 39 heavy (non-hydrogen) atoms. The third kappa shape index (κ3) is 6.22. The van der Waals surface area contributed by atoms with E-state index in [0.29, 0.717) is 17.9 Å². The molecule has 1 aromatic carbocycles. The van der Waals surface area contributed by atoms with Gasteiger partial charge in [0.1, 0.15) is 29.4 Å². The van der Waals surface area contributed by atoms with Gasteiger partial charge in [0.2, 0.25) is 5.88 Å². The third-order valence-electron chi connectivity index (χ3n) is 6.45. The molecule has 4 heterocycles. The van der Waals surface area contributed by atoms with Gasteiger partial charge in [-0.2, -0.15) is 10.1 Å². The van der Waals surface area contributed by atoms with Gasteiger partial charge in [0.05, 0.1) is 16.8 Å². The van der Waals surface area contributed by atoms with Crippen LogP contribution in [0.15, 0.2) is 43.0 Å². The number of rotatable bonds is 8. The summed E-state index contributed by atoms with van der Waals surface area (Å²) in [5, 5.41) is 7.05. The lowest BCUT2D eigenvalue weighted by atomic mass is 10.2. The molecular formula is C26H26Cl2FN7O3. The van der Waals surface area contributed by atoms with E-state index in [-0.39, 0.29) is 33.1 Å². The second-order valence-electron chi connectivity index (χ2n) is 9.16. The van der Waals surface area contributed by atoms with E-state index in [1.54, 1.807) is 10.7 Å². The number of aromatic nitrogens is 4. The van der Waals surface area contributed by atoms with Crippen molar-refractivity contribution in [3.8, 4) is 17.4 Å². The molecule has 3 aromatic heterocycles. The van der Waals surface area contributed by atoms with Crippen molar-refractivity contribution in [1.29, 1.82) is 0 Å². The van der Waals surface area contributed by atoms with Crippen LogP contribution in [0, 0.1) is 12.7 Å². The first kappa shape index (κ1) is 27.1. The Labute approximate surface area is 234 Å². The van der Waals surface area contributed by atoms with Crippen LogP contribution in [0.25, 0.3) is 5.52 Å². The predicted molar refractivity (Wildman–Crippen MR) is 146 cm³/mol. The third-order valence-corrected chi connectivity index (χ3v) is 6.96. The van der Waals surface area contributed by atoms with Crippen molar-refractivity contribution in [3.05, 3.63) is 70.1 Å². The Morgan fingerprint density at radius 3 is 2.69 bits per heavy atom. The van der Waals surface area contributed by atoms with Gasteiger partial charge < -0.3 is 19.7 Å². The molecule has 0 bridgehead atoms. The summed E-state index contributed by atoms with van der Waals surface area (Å²) < 4.78 is 28.5. The number of aryl methyl sites for hydroxylation is 1. The number of carbonyl (C=O) groups is 1. The van der Waals surface area contributed by atoms with E-state index in [9.17, 15) is 9.18 Å². The second-order valence-corrected chi connectivity index (χ2v) is 9.96. The fourth-order valence-corrected chi connectivity index (χ4v) is 4.57. The number of benzene rings is 1. The molecule has 1 aliphatic heterocycles. The maximum Gasteiger partial charge on any atom is 0.258 e.